The fraction of sp³-hybridized carbons (Fsp3) is 0.600. The van der Waals surface area contributed by atoms with E-state index in [1.165, 1.54) is 6.07 Å². The minimum absolute atomic E-state index is 0.0615. The van der Waals surface area contributed by atoms with Gasteiger partial charge in [-0.25, -0.2) is 9.18 Å². The number of rotatable bonds is 9. The lowest BCUT2D eigenvalue weighted by atomic mass is 9.99. The van der Waals surface area contributed by atoms with Crippen molar-refractivity contribution in [3.05, 3.63) is 40.8 Å². The van der Waals surface area contributed by atoms with Crippen molar-refractivity contribution in [1.82, 2.24) is 9.78 Å². The van der Waals surface area contributed by atoms with Gasteiger partial charge in [0.25, 0.3) is 0 Å². The van der Waals surface area contributed by atoms with Crippen molar-refractivity contribution >= 4 is 6.16 Å². The fourth-order valence-corrected chi connectivity index (χ4v) is 4.01. The van der Waals surface area contributed by atoms with Gasteiger partial charge in [0.05, 0.1) is 13.2 Å². The second-order valence-electron chi connectivity index (χ2n) is 9.40. The molecule has 1 aliphatic heterocycles. The molecule has 1 fully saturated rings. The Bertz CT molecular complexity index is 1070. The molecule has 0 unspecified atom stereocenters. The molecule has 206 valence electrons. The number of hydrogen-bond donors (Lipinski definition) is 3. The van der Waals surface area contributed by atoms with Crippen LogP contribution in [0.5, 0.6) is 11.6 Å². The van der Waals surface area contributed by atoms with Gasteiger partial charge >= 0.3 is 6.16 Å². The maximum absolute atomic E-state index is 14.9. The van der Waals surface area contributed by atoms with Crippen LogP contribution in [-0.2, 0) is 20.6 Å². The molecule has 12 heteroatoms. The van der Waals surface area contributed by atoms with Gasteiger partial charge in [0, 0.05) is 29.8 Å². The Morgan fingerprint density at radius 3 is 2.46 bits per heavy atom. The van der Waals surface area contributed by atoms with E-state index in [2.05, 4.69) is 9.84 Å². The van der Waals surface area contributed by atoms with Gasteiger partial charge in [-0.2, -0.15) is 0 Å². The van der Waals surface area contributed by atoms with Crippen molar-refractivity contribution in [2.75, 3.05) is 13.7 Å². The monoisotopic (exact) mass is 526 g/mol. The Kier molecular flexibility index (Phi) is 9.35. The number of carbonyl (C=O) groups excluding carboxylic acids is 1. The van der Waals surface area contributed by atoms with Gasteiger partial charge in [0.15, 0.2) is 0 Å². The molecule has 1 aromatic heterocycles. The standard InChI is InChI=1S/C25H35FN2O9/c1-12(2)28-14(5)17(9-15-7-8-16(10-18(15)26)35-13(3)4)23(27-28)37-24-22(31)21(30)20(29)19(36-24)11-34-25(32)33-6/h7-8,10,12-13,19-22,24,29-31H,9,11H2,1-6H3/t19-,20-,21+,22-,24+/m1/s1. The Labute approximate surface area is 214 Å². The Morgan fingerprint density at radius 1 is 1.16 bits per heavy atom. The summed E-state index contributed by atoms with van der Waals surface area (Å²) in [4.78, 5) is 11.3. The van der Waals surface area contributed by atoms with Crippen LogP contribution in [0.15, 0.2) is 18.2 Å². The number of carbonyl (C=O) groups is 1. The average molecular weight is 527 g/mol. The Hall–Kier alpha value is -2.93. The first kappa shape index (κ1) is 28.6. The van der Waals surface area contributed by atoms with Crippen LogP contribution in [0.4, 0.5) is 9.18 Å². The largest absolute Gasteiger partial charge is 0.508 e. The van der Waals surface area contributed by atoms with Crippen LogP contribution in [0.2, 0.25) is 0 Å². The van der Waals surface area contributed by atoms with Crippen LogP contribution in [-0.4, -0.2) is 81.8 Å². The molecule has 3 rings (SSSR count). The molecule has 2 heterocycles. The maximum Gasteiger partial charge on any atom is 0.508 e. The molecule has 5 atom stereocenters. The van der Waals surface area contributed by atoms with E-state index in [9.17, 15) is 24.5 Å². The van der Waals surface area contributed by atoms with Crippen LogP contribution in [0.25, 0.3) is 0 Å². The highest BCUT2D eigenvalue weighted by Gasteiger charge is 2.46. The molecule has 1 aromatic carbocycles. The zero-order valence-electron chi connectivity index (χ0n) is 21.8. The summed E-state index contributed by atoms with van der Waals surface area (Å²) >= 11 is 0. The zero-order chi connectivity index (χ0) is 27.4. The first-order valence-electron chi connectivity index (χ1n) is 12.0. The lowest BCUT2D eigenvalue weighted by Crippen LogP contribution is -2.60. The summed E-state index contributed by atoms with van der Waals surface area (Å²) in [5.74, 6) is 0.00973. The van der Waals surface area contributed by atoms with E-state index in [0.29, 0.717) is 22.6 Å². The molecule has 37 heavy (non-hydrogen) atoms. The number of ether oxygens (including phenoxy) is 5. The smallest absolute Gasteiger partial charge is 0.491 e. The third kappa shape index (κ3) is 6.69. The molecular formula is C25H35FN2O9. The van der Waals surface area contributed by atoms with E-state index in [0.717, 1.165) is 7.11 Å². The molecule has 2 aromatic rings. The van der Waals surface area contributed by atoms with Gasteiger partial charge in [0.2, 0.25) is 12.2 Å². The first-order chi connectivity index (χ1) is 17.4. The number of nitrogens with zero attached hydrogens (tertiary/aromatic N) is 2. The van der Waals surface area contributed by atoms with E-state index in [1.807, 2.05) is 34.6 Å². The molecule has 0 bridgehead atoms. The molecule has 0 saturated carbocycles. The predicted octanol–water partition coefficient (Wildman–Crippen LogP) is 2.26. The number of aromatic nitrogens is 2. The molecule has 3 N–H and O–H groups in total. The maximum atomic E-state index is 14.9. The summed E-state index contributed by atoms with van der Waals surface area (Å²) in [6, 6.07) is 4.55. The van der Waals surface area contributed by atoms with E-state index in [1.54, 1.807) is 16.8 Å². The van der Waals surface area contributed by atoms with E-state index < -0.39 is 49.3 Å². The summed E-state index contributed by atoms with van der Waals surface area (Å²) in [6.07, 6.45) is -8.54. The number of methoxy groups -OCH3 is 1. The van der Waals surface area contributed by atoms with Crippen LogP contribution in [0.3, 0.4) is 0 Å². The van der Waals surface area contributed by atoms with E-state index >= 15 is 0 Å². The van der Waals surface area contributed by atoms with Gasteiger partial charge in [0.1, 0.15) is 42.6 Å². The number of benzene rings is 1. The van der Waals surface area contributed by atoms with Crippen molar-refractivity contribution in [3.8, 4) is 11.6 Å². The number of hydrogen-bond acceptors (Lipinski definition) is 10. The quantitative estimate of drug-likeness (QED) is 0.417. The lowest BCUT2D eigenvalue weighted by molar-refractivity contribution is -0.278. The normalized spacial score (nSPS) is 23.8. The summed E-state index contributed by atoms with van der Waals surface area (Å²) < 4.78 is 42.9. The molecular weight excluding hydrogens is 491 g/mol. The minimum Gasteiger partial charge on any atom is -0.491 e. The van der Waals surface area contributed by atoms with Crippen LogP contribution in [0.1, 0.15) is 50.6 Å². The number of aliphatic hydroxyl groups excluding tert-OH is 3. The topological polar surface area (TPSA) is 142 Å². The number of halogens is 1. The molecule has 0 radical (unpaired) electrons. The summed E-state index contributed by atoms with van der Waals surface area (Å²) in [5.41, 5.74) is 1.63. The van der Waals surface area contributed by atoms with Crippen molar-refractivity contribution in [1.29, 1.82) is 0 Å². The Balaban J connectivity index is 1.88. The van der Waals surface area contributed by atoms with E-state index in [4.69, 9.17) is 18.9 Å². The lowest BCUT2D eigenvalue weighted by Gasteiger charge is -2.39. The summed E-state index contributed by atoms with van der Waals surface area (Å²) in [5, 5.41) is 35.6. The SMILES string of the molecule is COC(=O)OC[C@H]1O[C@@H](Oc2nn(C(C)C)c(C)c2Cc2ccc(OC(C)C)cc2F)[C@H](O)[C@@H](O)[C@@H]1O. The third-order valence-electron chi connectivity index (χ3n) is 5.92. The molecule has 1 saturated heterocycles. The molecule has 0 spiro atoms. The van der Waals surface area contributed by atoms with Gasteiger partial charge in [-0.05, 0) is 46.2 Å². The third-order valence-corrected chi connectivity index (χ3v) is 5.92. The molecule has 11 nitrogen and oxygen atoms in total. The molecule has 0 amide bonds. The van der Waals surface area contributed by atoms with Crippen LogP contribution < -0.4 is 9.47 Å². The van der Waals surface area contributed by atoms with Gasteiger partial charge in [-0.3, -0.25) is 4.68 Å². The highest BCUT2D eigenvalue weighted by molar-refractivity contribution is 5.59. The summed E-state index contributed by atoms with van der Waals surface area (Å²) in [7, 11) is 1.12. The average Bonchev–Trinajstić information content (AvgIpc) is 3.14. The van der Waals surface area contributed by atoms with Gasteiger partial charge < -0.3 is 39.0 Å². The van der Waals surface area contributed by atoms with Crippen LogP contribution >= 0.6 is 0 Å². The summed E-state index contributed by atoms with van der Waals surface area (Å²) in [6.45, 7) is 8.88. The van der Waals surface area contributed by atoms with Crippen molar-refractivity contribution < 1.29 is 48.2 Å². The number of aliphatic hydroxyl groups is 3. The van der Waals surface area contributed by atoms with Crippen molar-refractivity contribution in [3.63, 3.8) is 0 Å². The fourth-order valence-electron chi connectivity index (χ4n) is 4.01. The Morgan fingerprint density at radius 2 is 1.86 bits per heavy atom. The van der Waals surface area contributed by atoms with Crippen molar-refractivity contribution in [2.45, 2.75) is 83.9 Å². The first-order valence-corrected chi connectivity index (χ1v) is 12.0. The second kappa shape index (κ2) is 12.1. The van der Waals surface area contributed by atoms with Crippen molar-refractivity contribution in [2.24, 2.45) is 0 Å². The highest BCUT2D eigenvalue weighted by atomic mass is 19.1. The minimum atomic E-state index is -1.66. The second-order valence-corrected chi connectivity index (χ2v) is 9.40. The zero-order valence-corrected chi connectivity index (χ0v) is 21.8. The molecule has 1 aliphatic rings. The van der Waals surface area contributed by atoms with E-state index in [-0.39, 0.29) is 24.4 Å². The molecule has 0 aliphatic carbocycles. The van der Waals surface area contributed by atoms with Gasteiger partial charge in [-0.15, -0.1) is 5.10 Å². The highest BCUT2D eigenvalue weighted by Crippen LogP contribution is 2.32. The van der Waals surface area contributed by atoms with Crippen LogP contribution in [0, 0.1) is 12.7 Å². The van der Waals surface area contributed by atoms with Gasteiger partial charge in [-0.1, -0.05) is 6.07 Å². The predicted molar refractivity (Wildman–Crippen MR) is 128 cm³/mol.